The Hall–Kier alpha value is -1.33. The van der Waals surface area contributed by atoms with E-state index in [9.17, 15) is 4.79 Å². The zero-order chi connectivity index (χ0) is 10.1. The van der Waals surface area contributed by atoms with E-state index in [1.807, 2.05) is 0 Å². The average Bonchev–Trinajstić information content (AvgIpc) is 2.16. The lowest BCUT2D eigenvalue weighted by Gasteiger charge is -2.02. The van der Waals surface area contributed by atoms with Gasteiger partial charge < -0.3 is 4.74 Å². The van der Waals surface area contributed by atoms with Crippen molar-refractivity contribution >= 4 is 34.9 Å². The fraction of sp³-hybridized carbons (Fsp3) is 0.125. The van der Waals surface area contributed by atoms with Crippen LogP contribution in [0.3, 0.4) is 0 Å². The van der Waals surface area contributed by atoms with Crippen molar-refractivity contribution in [2.24, 2.45) is 0 Å². The number of nitrogens with one attached hydrogen (secondary N) is 1. The summed E-state index contributed by atoms with van der Waals surface area (Å²) in [6.45, 7) is 0. The summed E-state index contributed by atoms with van der Waals surface area (Å²) >= 11 is 5.58. The van der Waals surface area contributed by atoms with Gasteiger partial charge in [-0.1, -0.05) is 0 Å². The molecule has 0 spiro atoms. The zero-order valence-electron chi connectivity index (χ0n) is 7.65. The molecule has 0 aromatic carbocycles. The molecule has 7 heteroatoms. The van der Waals surface area contributed by atoms with Crippen molar-refractivity contribution in [2.75, 3.05) is 7.11 Å². The highest BCUT2D eigenvalue weighted by molar-refractivity contribution is 6.28. The lowest BCUT2D eigenvalue weighted by Crippen LogP contribution is -2.09. The molecule has 15 heavy (non-hydrogen) atoms. The van der Waals surface area contributed by atoms with E-state index in [1.54, 1.807) is 0 Å². The van der Waals surface area contributed by atoms with E-state index in [4.69, 9.17) is 16.3 Å². The van der Waals surface area contributed by atoms with Crippen LogP contribution in [0.2, 0.25) is 5.28 Å². The highest BCUT2D eigenvalue weighted by Crippen LogP contribution is 2.18. The summed E-state index contributed by atoms with van der Waals surface area (Å²) in [7, 11) is 1.46. The first-order chi connectivity index (χ1) is 6.72. The molecule has 0 aliphatic carbocycles. The number of aromatic nitrogens is 3. The monoisotopic (exact) mass is 247 g/mol. The average molecular weight is 248 g/mol. The molecule has 0 saturated carbocycles. The summed E-state index contributed by atoms with van der Waals surface area (Å²) in [6, 6.07) is 0. The van der Waals surface area contributed by atoms with E-state index < -0.39 is 0 Å². The molecule has 5 nitrogen and oxygen atoms in total. The first-order valence-corrected chi connectivity index (χ1v) is 4.17. The predicted octanol–water partition coefficient (Wildman–Crippen LogP) is 1.40. The topological polar surface area (TPSA) is 67.9 Å². The number of rotatable bonds is 1. The van der Waals surface area contributed by atoms with Gasteiger partial charge in [0.15, 0.2) is 5.75 Å². The van der Waals surface area contributed by atoms with Crippen molar-refractivity contribution < 1.29 is 4.74 Å². The van der Waals surface area contributed by atoms with Crippen molar-refractivity contribution in [1.82, 2.24) is 15.0 Å². The second-order valence-corrected chi connectivity index (χ2v) is 2.95. The van der Waals surface area contributed by atoms with Crippen LogP contribution in [-0.4, -0.2) is 22.1 Å². The molecule has 1 N–H and O–H groups in total. The minimum absolute atomic E-state index is 0. The highest BCUT2D eigenvalue weighted by atomic mass is 35.5. The molecule has 80 valence electrons. The summed E-state index contributed by atoms with van der Waals surface area (Å²) in [5, 5.41) is 0.393. The molecule has 0 amide bonds. The molecule has 0 saturated heterocycles. The van der Waals surface area contributed by atoms with Gasteiger partial charge in [0.1, 0.15) is 10.9 Å². The van der Waals surface area contributed by atoms with Crippen LogP contribution >= 0.6 is 24.0 Å². The van der Waals surface area contributed by atoms with E-state index in [-0.39, 0.29) is 23.2 Å². The summed E-state index contributed by atoms with van der Waals surface area (Å²) in [4.78, 5) is 21.6. The SMILES string of the molecule is COc1cncc2nc(Cl)[nH]c(=O)c12.Cl. The van der Waals surface area contributed by atoms with E-state index in [0.29, 0.717) is 16.7 Å². The summed E-state index contributed by atoms with van der Waals surface area (Å²) < 4.78 is 4.98. The number of methoxy groups -OCH3 is 1. The molecular formula is C8H7Cl2N3O2. The number of fused-ring (bicyclic) bond motifs is 1. The molecule has 2 rings (SSSR count). The number of aromatic amines is 1. The van der Waals surface area contributed by atoms with Crippen molar-refractivity contribution in [3.8, 4) is 5.75 Å². The van der Waals surface area contributed by atoms with Crippen molar-refractivity contribution in [1.29, 1.82) is 0 Å². The van der Waals surface area contributed by atoms with Crippen LogP contribution in [0.25, 0.3) is 10.9 Å². The maximum atomic E-state index is 11.5. The third-order valence-electron chi connectivity index (χ3n) is 1.77. The Bertz CT molecular complexity index is 541. The van der Waals surface area contributed by atoms with Crippen LogP contribution < -0.4 is 10.3 Å². The molecule has 0 aliphatic heterocycles. The quantitative estimate of drug-likeness (QED) is 0.774. The fourth-order valence-electron chi connectivity index (χ4n) is 1.19. The lowest BCUT2D eigenvalue weighted by atomic mass is 10.3. The number of H-pyrrole nitrogens is 1. The zero-order valence-corrected chi connectivity index (χ0v) is 9.22. The molecule has 0 bridgehead atoms. The highest BCUT2D eigenvalue weighted by Gasteiger charge is 2.08. The van der Waals surface area contributed by atoms with Crippen LogP contribution in [-0.2, 0) is 0 Å². The first-order valence-electron chi connectivity index (χ1n) is 3.80. The van der Waals surface area contributed by atoms with E-state index in [0.717, 1.165) is 0 Å². The number of halogens is 2. The van der Waals surface area contributed by atoms with Gasteiger partial charge in [-0.05, 0) is 11.6 Å². The molecule has 2 aromatic heterocycles. The Labute approximate surface area is 95.9 Å². The van der Waals surface area contributed by atoms with E-state index >= 15 is 0 Å². The number of hydrogen-bond donors (Lipinski definition) is 1. The standard InChI is InChI=1S/C8H6ClN3O2.ClH/c1-14-5-3-10-2-4-6(5)7(13)12-8(9)11-4;/h2-3H,1H3,(H,11,12,13);1H. The lowest BCUT2D eigenvalue weighted by molar-refractivity contribution is 0.417. The Kier molecular flexibility index (Phi) is 3.49. The van der Waals surface area contributed by atoms with Crippen molar-refractivity contribution in [3.63, 3.8) is 0 Å². The van der Waals surface area contributed by atoms with Crippen LogP contribution in [0, 0.1) is 0 Å². The van der Waals surface area contributed by atoms with Crippen LogP contribution in [0.4, 0.5) is 0 Å². The molecule has 2 aromatic rings. The largest absolute Gasteiger partial charge is 0.494 e. The summed E-state index contributed by atoms with van der Waals surface area (Å²) in [5.41, 5.74) is 0.0809. The van der Waals surface area contributed by atoms with Crippen LogP contribution in [0.5, 0.6) is 5.75 Å². The minimum Gasteiger partial charge on any atom is -0.494 e. The van der Waals surface area contributed by atoms with Crippen LogP contribution in [0.1, 0.15) is 0 Å². The fourth-order valence-corrected chi connectivity index (χ4v) is 1.37. The molecule has 0 radical (unpaired) electrons. The van der Waals surface area contributed by atoms with Gasteiger partial charge in [0, 0.05) is 0 Å². The summed E-state index contributed by atoms with van der Waals surface area (Å²) in [5.74, 6) is 0.382. The third kappa shape index (κ3) is 2.03. The van der Waals surface area contributed by atoms with Gasteiger partial charge in [-0.2, -0.15) is 0 Å². The number of hydrogen-bond acceptors (Lipinski definition) is 4. The minimum atomic E-state index is -0.334. The van der Waals surface area contributed by atoms with Crippen LogP contribution in [0.15, 0.2) is 17.2 Å². The number of ether oxygens (including phenoxy) is 1. The van der Waals surface area contributed by atoms with Gasteiger partial charge in [-0.25, -0.2) is 4.98 Å². The number of nitrogens with zero attached hydrogens (tertiary/aromatic N) is 2. The smallest absolute Gasteiger partial charge is 0.263 e. The normalized spacial score (nSPS) is 9.73. The first kappa shape index (κ1) is 11.7. The number of pyridine rings is 1. The van der Waals surface area contributed by atoms with Gasteiger partial charge in [0.05, 0.1) is 19.5 Å². The maximum Gasteiger partial charge on any atom is 0.263 e. The third-order valence-corrected chi connectivity index (χ3v) is 1.95. The predicted molar refractivity (Wildman–Crippen MR) is 59.0 cm³/mol. The Morgan fingerprint density at radius 2 is 2.20 bits per heavy atom. The van der Waals surface area contributed by atoms with Gasteiger partial charge >= 0.3 is 0 Å². The maximum absolute atomic E-state index is 11.5. The Morgan fingerprint density at radius 1 is 1.47 bits per heavy atom. The Balaban J connectivity index is 0.00000112. The molecule has 0 atom stereocenters. The van der Waals surface area contributed by atoms with Crippen molar-refractivity contribution in [3.05, 3.63) is 28.0 Å². The second-order valence-electron chi connectivity index (χ2n) is 2.59. The van der Waals surface area contributed by atoms with Gasteiger partial charge in [-0.3, -0.25) is 14.8 Å². The molecule has 0 fully saturated rings. The van der Waals surface area contributed by atoms with E-state index in [1.165, 1.54) is 19.5 Å². The Morgan fingerprint density at radius 3 is 2.87 bits per heavy atom. The molecule has 0 unspecified atom stereocenters. The van der Waals surface area contributed by atoms with Crippen molar-refractivity contribution in [2.45, 2.75) is 0 Å². The molecule has 0 aliphatic rings. The van der Waals surface area contributed by atoms with E-state index in [2.05, 4.69) is 15.0 Å². The van der Waals surface area contributed by atoms with Gasteiger partial charge in [-0.15, -0.1) is 12.4 Å². The molecular weight excluding hydrogens is 241 g/mol. The second kappa shape index (κ2) is 4.46. The molecule has 2 heterocycles. The summed E-state index contributed by atoms with van der Waals surface area (Å²) in [6.07, 6.45) is 2.91. The van der Waals surface area contributed by atoms with Gasteiger partial charge in [0.25, 0.3) is 5.56 Å². The van der Waals surface area contributed by atoms with Gasteiger partial charge in [0.2, 0.25) is 5.28 Å².